The van der Waals surface area contributed by atoms with Gasteiger partial charge in [0.25, 0.3) is 0 Å². The third-order valence-electron chi connectivity index (χ3n) is 3.39. The zero-order valence-corrected chi connectivity index (χ0v) is 13.0. The van der Waals surface area contributed by atoms with Crippen molar-refractivity contribution in [3.8, 4) is 11.4 Å². The van der Waals surface area contributed by atoms with E-state index in [4.69, 9.17) is 4.52 Å². The van der Waals surface area contributed by atoms with E-state index in [2.05, 4.69) is 25.3 Å². The van der Waals surface area contributed by atoms with Gasteiger partial charge in [0.15, 0.2) is 0 Å². The van der Waals surface area contributed by atoms with Crippen LogP contribution < -0.4 is 5.32 Å². The highest BCUT2D eigenvalue weighted by Crippen LogP contribution is 2.28. The molecule has 3 aromatic rings. The molecule has 0 amide bonds. The van der Waals surface area contributed by atoms with Gasteiger partial charge in [0, 0.05) is 19.3 Å². The molecular weight excluding hydrogens is 278 g/mol. The number of likely N-dealkylation sites (N-methyl/N-ethyl adjacent to an activating group) is 1. The summed E-state index contributed by atoms with van der Waals surface area (Å²) in [4.78, 5) is 11.1. The zero-order chi connectivity index (χ0) is 15.5. The molecule has 22 heavy (non-hydrogen) atoms. The van der Waals surface area contributed by atoms with Gasteiger partial charge in [0.1, 0.15) is 11.2 Å². The highest BCUT2D eigenvalue weighted by Gasteiger charge is 2.14. The number of hydrogen-bond acceptors (Lipinski definition) is 6. The number of fused-ring (bicyclic) bond motifs is 1. The van der Waals surface area contributed by atoms with E-state index >= 15 is 0 Å². The molecule has 6 heteroatoms. The first-order chi connectivity index (χ1) is 10.6. The van der Waals surface area contributed by atoms with Crippen molar-refractivity contribution in [3.63, 3.8) is 0 Å². The van der Waals surface area contributed by atoms with Crippen LogP contribution in [0.3, 0.4) is 0 Å². The fourth-order valence-corrected chi connectivity index (χ4v) is 2.22. The molecule has 0 aliphatic carbocycles. The zero-order valence-electron chi connectivity index (χ0n) is 13.0. The molecule has 0 saturated carbocycles. The van der Waals surface area contributed by atoms with Gasteiger partial charge in [-0.3, -0.25) is 4.98 Å². The van der Waals surface area contributed by atoms with Crippen LogP contribution in [0.1, 0.15) is 5.69 Å². The topological polar surface area (TPSA) is 67.1 Å². The smallest absolute Gasteiger partial charge is 0.208 e. The van der Waals surface area contributed by atoms with E-state index in [9.17, 15) is 0 Å². The largest absolute Gasteiger partial charge is 0.381 e. The minimum atomic E-state index is 0.691. The number of aromatic nitrogens is 3. The Bertz CT molecular complexity index is 767. The van der Waals surface area contributed by atoms with Gasteiger partial charge in [-0.1, -0.05) is 11.2 Å². The molecule has 0 aliphatic rings. The summed E-state index contributed by atoms with van der Waals surface area (Å²) < 4.78 is 5.42. The van der Waals surface area contributed by atoms with Crippen molar-refractivity contribution in [2.24, 2.45) is 0 Å². The standard InChI is InChI=1S/C16H19N5O/c1-11-15-16(22-20-11)14(18-8-9-21(2)3)10-13(19-15)12-6-4-5-7-17-12/h4-7,10H,8-9H2,1-3H3,(H,18,19). The van der Waals surface area contributed by atoms with Crippen molar-refractivity contribution >= 4 is 16.8 Å². The summed E-state index contributed by atoms with van der Waals surface area (Å²) in [5, 5.41) is 7.43. The second kappa shape index (κ2) is 6.11. The Morgan fingerprint density at radius 2 is 2.09 bits per heavy atom. The van der Waals surface area contributed by atoms with E-state index in [0.717, 1.165) is 41.4 Å². The highest BCUT2D eigenvalue weighted by atomic mass is 16.5. The van der Waals surface area contributed by atoms with E-state index in [1.54, 1.807) is 6.20 Å². The fraction of sp³-hybridized carbons (Fsp3) is 0.312. The predicted octanol–water partition coefficient (Wildman–Crippen LogP) is 2.57. The Hall–Kier alpha value is -2.47. The van der Waals surface area contributed by atoms with Crippen molar-refractivity contribution < 1.29 is 4.52 Å². The molecule has 0 fully saturated rings. The summed E-state index contributed by atoms with van der Waals surface area (Å²) in [6.07, 6.45) is 1.76. The molecule has 3 rings (SSSR count). The van der Waals surface area contributed by atoms with Crippen LogP contribution in [0.15, 0.2) is 35.0 Å². The van der Waals surface area contributed by atoms with Crippen molar-refractivity contribution in [2.45, 2.75) is 6.92 Å². The highest BCUT2D eigenvalue weighted by molar-refractivity contribution is 5.90. The monoisotopic (exact) mass is 297 g/mol. The van der Waals surface area contributed by atoms with E-state index in [-0.39, 0.29) is 0 Å². The summed E-state index contributed by atoms with van der Waals surface area (Å²) in [5.41, 5.74) is 4.79. The van der Waals surface area contributed by atoms with Crippen LogP contribution in [0.5, 0.6) is 0 Å². The van der Waals surface area contributed by atoms with Crippen LogP contribution in [0.25, 0.3) is 22.5 Å². The molecule has 0 radical (unpaired) electrons. The Labute approximate surface area is 129 Å². The Morgan fingerprint density at radius 3 is 2.82 bits per heavy atom. The SMILES string of the molecule is Cc1noc2c(NCCN(C)C)cc(-c3ccccn3)nc12. The molecule has 6 nitrogen and oxygen atoms in total. The van der Waals surface area contributed by atoms with Crippen LogP contribution in [0.4, 0.5) is 5.69 Å². The van der Waals surface area contributed by atoms with Gasteiger partial charge in [0.05, 0.1) is 17.1 Å². The van der Waals surface area contributed by atoms with Gasteiger partial charge in [-0.15, -0.1) is 0 Å². The predicted molar refractivity (Wildman–Crippen MR) is 86.8 cm³/mol. The van der Waals surface area contributed by atoms with Crippen molar-refractivity contribution in [3.05, 3.63) is 36.2 Å². The van der Waals surface area contributed by atoms with Crippen LogP contribution in [0.2, 0.25) is 0 Å². The number of rotatable bonds is 5. The van der Waals surface area contributed by atoms with Gasteiger partial charge in [-0.05, 0) is 39.2 Å². The third kappa shape index (κ3) is 2.92. The Balaban J connectivity index is 2.02. The lowest BCUT2D eigenvalue weighted by Gasteiger charge is -2.12. The average Bonchev–Trinajstić information content (AvgIpc) is 2.89. The molecule has 0 aliphatic heterocycles. The normalized spacial score (nSPS) is 11.3. The van der Waals surface area contributed by atoms with Crippen LogP contribution >= 0.6 is 0 Å². The molecule has 0 unspecified atom stereocenters. The minimum Gasteiger partial charge on any atom is -0.381 e. The lowest BCUT2D eigenvalue weighted by molar-refractivity contribution is 0.424. The van der Waals surface area contributed by atoms with E-state index < -0.39 is 0 Å². The van der Waals surface area contributed by atoms with Gasteiger partial charge >= 0.3 is 0 Å². The summed E-state index contributed by atoms with van der Waals surface area (Å²) in [6.45, 7) is 3.63. The molecule has 3 aromatic heterocycles. The lowest BCUT2D eigenvalue weighted by atomic mass is 10.2. The number of pyridine rings is 2. The van der Waals surface area contributed by atoms with Crippen LogP contribution in [0, 0.1) is 6.92 Å². The quantitative estimate of drug-likeness (QED) is 0.780. The lowest BCUT2D eigenvalue weighted by Crippen LogP contribution is -2.20. The molecule has 0 spiro atoms. The first-order valence-electron chi connectivity index (χ1n) is 7.22. The molecule has 0 aromatic carbocycles. The van der Waals surface area contributed by atoms with Gasteiger partial charge in [-0.2, -0.15) is 0 Å². The Kier molecular flexibility index (Phi) is 4.02. The second-order valence-corrected chi connectivity index (χ2v) is 5.45. The number of nitrogens with one attached hydrogen (secondary N) is 1. The first kappa shape index (κ1) is 14.5. The van der Waals surface area contributed by atoms with Gasteiger partial charge in [-0.25, -0.2) is 4.98 Å². The second-order valence-electron chi connectivity index (χ2n) is 5.45. The maximum atomic E-state index is 5.42. The van der Waals surface area contributed by atoms with Crippen LogP contribution in [-0.4, -0.2) is 47.2 Å². The average molecular weight is 297 g/mol. The summed E-state index contributed by atoms with van der Waals surface area (Å²) in [5.74, 6) is 0. The summed E-state index contributed by atoms with van der Waals surface area (Å²) in [6, 6.07) is 7.75. The van der Waals surface area contributed by atoms with E-state index in [0.29, 0.717) is 5.58 Å². The summed E-state index contributed by atoms with van der Waals surface area (Å²) in [7, 11) is 4.09. The number of nitrogens with zero attached hydrogens (tertiary/aromatic N) is 4. The maximum Gasteiger partial charge on any atom is 0.208 e. The van der Waals surface area contributed by atoms with Gasteiger partial charge < -0.3 is 14.7 Å². The maximum absolute atomic E-state index is 5.42. The molecule has 0 atom stereocenters. The van der Waals surface area contributed by atoms with E-state index in [1.165, 1.54) is 0 Å². The minimum absolute atomic E-state index is 0.691. The molecule has 0 bridgehead atoms. The van der Waals surface area contributed by atoms with Crippen molar-refractivity contribution in [2.75, 3.05) is 32.5 Å². The number of anilines is 1. The van der Waals surface area contributed by atoms with Crippen molar-refractivity contribution in [1.82, 2.24) is 20.0 Å². The molecular formula is C16H19N5O. The van der Waals surface area contributed by atoms with Gasteiger partial charge in [0.2, 0.25) is 5.58 Å². The van der Waals surface area contributed by atoms with Crippen LogP contribution in [-0.2, 0) is 0 Å². The Morgan fingerprint density at radius 1 is 1.23 bits per heavy atom. The fourth-order valence-electron chi connectivity index (χ4n) is 2.22. The van der Waals surface area contributed by atoms with E-state index in [1.807, 2.05) is 45.3 Å². The molecule has 1 N–H and O–H groups in total. The first-order valence-corrected chi connectivity index (χ1v) is 7.22. The molecule has 114 valence electrons. The number of hydrogen-bond donors (Lipinski definition) is 1. The van der Waals surface area contributed by atoms with Crippen molar-refractivity contribution in [1.29, 1.82) is 0 Å². The number of aryl methyl sites for hydroxylation is 1. The third-order valence-corrected chi connectivity index (χ3v) is 3.39. The summed E-state index contributed by atoms with van der Waals surface area (Å²) >= 11 is 0. The molecule has 0 saturated heterocycles. The molecule has 3 heterocycles.